The zero-order valence-electron chi connectivity index (χ0n) is 8.95. The number of halogens is 3. The molecular weight excluding hydrogens is 383 g/mol. The molecule has 92 valence electrons. The van der Waals surface area contributed by atoms with Gasteiger partial charge in [0, 0.05) is 15.1 Å². The zero-order chi connectivity index (χ0) is 13.1. The van der Waals surface area contributed by atoms with E-state index in [1.165, 1.54) is 0 Å². The predicted molar refractivity (Wildman–Crippen MR) is 79.0 cm³/mol. The third kappa shape index (κ3) is 3.54. The lowest BCUT2D eigenvalue weighted by atomic mass is 10.2. The molecular formula is C12H7Br2ClN2O. The maximum absolute atomic E-state index is 12.0. The van der Waals surface area contributed by atoms with E-state index in [4.69, 9.17) is 11.6 Å². The molecule has 1 N–H and O–H groups in total. The molecule has 0 saturated heterocycles. The molecule has 3 nitrogen and oxygen atoms in total. The number of aromatic nitrogens is 1. The lowest BCUT2D eigenvalue weighted by Gasteiger charge is -2.05. The fraction of sp³-hybridized carbons (Fsp3) is 0. The van der Waals surface area contributed by atoms with Crippen molar-refractivity contribution >= 4 is 55.2 Å². The van der Waals surface area contributed by atoms with Gasteiger partial charge in [-0.15, -0.1) is 0 Å². The number of carbonyl (C=O) groups is 1. The number of pyridine rings is 1. The molecule has 0 spiro atoms. The second-order valence-corrected chi connectivity index (χ2v) is 5.62. The van der Waals surface area contributed by atoms with Gasteiger partial charge in [-0.2, -0.15) is 0 Å². The molecule has 0 unspecified atom stereocenters. The number of amides is 1. The van der Waals surface area contributed by atoms with Gasteiger partial charge >= 0.3 is 0 Å². The Hall–Kier alpha value is -0.910. The molecule has 0 aliphatic rings. The van der Waals surface area contributed by atoms with Crippen LogP contribution in [0.15, 0.2) is 45.5 Å². The summed E-state index contributed by atoms with van der Waals surface area (Å²) in [6, 6.07) is 10.3. The van der Waals surface area contributed by atoms with Gasteiger partial charge in [0.05, 0.1) is 0 Å². The van der Waals surface area contributed by atoms with Crippen LogP contribution < -0.4 is 5.32 Å². The van der Waals surface area contributed by atoms with Gasteiger partial charge in [0.15, 0.2) is 0 Å². The van der Waals surface area contributed by atoms with Gasteiger partial charge in [0.1, 0.15) is 10.4 Å². The molecule has 0 radical (unpaired) electrons. The van der Waals surface area contributed by atoms with Crippen LogP contribution in [-0.2, 0) is 0 Å². The highest BCUT2D eigenvalue weighted by Gasteiger charge is 2.08. The van der Waals surface area contributed by atoms with Gasteiger partial charge in [0.25, 0.3) is 5.91 Å². The van der Waals surface area contributed by atoms with E-state index in [1.807, 2.05) is 0 Å². The summed E-state index contributed by atoms with van der Waals surface area (Å²) >= 11 is 12.4. The maximum atomic E-state index is 12.0. The van der Waals surface area contributed by atoms with E-state index in [-0.39, 0.29) is 5.91 Å². The zero-order valence-corrected chi connectivity index (χ0v) is 12.9. The normalized spacial score (nSPS) is 10.2. The summed E-state index contributed by atoms with van der Waals surface area (Å²) in [7, 11) is 0. The second kappa shape index (κ2) is 5.82. The molecule has 0 bridgehead atoms. The van der Waals surface area contributed by atoms with Crippen molar-refractivity contribution in [1.29, 1.82) is 0 Å². The van der Waals surface area contributed by atoms with Crippen LogP contribution in [0.5, 0.6) is 0 Å². The molecule has 0 saturated carbocycles. The number of hydrogen-bond acceptors (Lipinski definition) is 2. The average molecular weight is 390 g/mol. The fourth-order valence-corrected chi connectivity index (χ4v) is 2.56. The molecule has 1 amide bonds. The van der Waals surface area contributed by atoms with Crippen molar-refractivity contribution in [2.45, 2.75) is 0 Å². The summed E-state index contributed by atoms with van der Waals surface area (Å²) in [5.74, 6) is 0.217. The first kappa shape index (κ1) is 13.5. The smallest absolute Gasteiger partial charge is 0.256 e. The Morgan fingerprint density at radius 3 is 2.67 bits per heavy atom. The number of anilines is 1. The lowest BCUT2D eigenvalue weighted by Crippen LogP contribution is -2.12. The van der Waals surface area contributed by atoms with E-state index >= 15 is 0 Å². The van der Waals surface area contributed by atoms with Crippen LogP contribution in [0.3, 0.4) is 0 Å². The molecule has 0 atom stereocenters. The van der Waals surface area contributed by atoms with Crippen LogP contribution in [-0.4, -0.2) is 10.9 Å². The quantitative estimate of drug-likeness (QED) is 0.767. The summed E-state index contributed by atoms with van der Waals surface area (Å²) in [6.07, 6.45) is 0. The number of nitrogens with zero attached hydrogens (tertiary/aromatic N) is 1. The molecule has 6 heteroatoms. The Balaban J connectivity index is 2.22. The first-order valence-electron chi connectivity index (χ1n) is 4.94. The number of benzene rings is 1. The first-order chi connectivity index (χ1) is 8.54. The molecule has 18 heavy (non-hydrogen) atoms. The predicted octanol–water partition coefficient (Wildman–Crippen LogP) is 4.51. The minimum atomic E-state index is -0.260. The number of nitrogens with one attached hydrogen (secondary N) is 1. The molecule has 2 rings (SSSR count). The topological polar surface area (TPSA) is 42.0 Å². The fourth-order valence-electron chi connectivity index (χ4n) is 1.35. The summed E-state index contributed by atoms with van der Waals surface area (Å²) in [4.78, 5) is 16.1. The van der Waals surface area contributed by atoms with E-state index in [0.717, 1.165) is 4.47 Å². The number of rotatable bonds is 2. The highest BCUT2D eigenvalue weighted by atomic mass is 79.9. The average Bonchev–Trinajstić information content (AvgIpc) is 2.27. The van der Waals surface area contributed by atoms with Gasteiger partial charge in [0.2, 0.25) is 0 Å². The standard InChI is InChI=1S/C12H7Br2ClN2O/c13-8-4-7(5-9(15)6-8)12(18)17-11-3-1-2-10(14)16-11/h1-6H,(H,16,17,18). The van der Waals surface area contributed by atoms with Crippen LogP contribution in [0.25, 0.3) is 0 Å². The van der Waals surface area contributed by atoms with E-state index in [0.29, 0.717) is 21.0 Å². The van der Waals surface area contributed by atoms with Crippen LogP contribution >= 0.6 is 43.5 Å². The number of carbonyl (C=O) groups excluding carboxylic acids is 1. The summed E-state index contributed by atoms with van der Waals surface area (Å²) < 4.78 is 1.41. The molecule has 1 aromatic heterocycles. The van der Waals surface area contributed by atoms with Crippen LogP contribution in [0, 0.1) is 0 Å². The Labute approximate surface area is 126 Å². The molecule has 0 fully saturated rings. The Bertz CT molecular complexity index is 584. The third-order valence-electron chi connectivity index (χ3n) is 2.08. The van der Waals surface area contributed by atoms with E-state index in [1.54, 1.807) is 36.4 Å². The highest BCUT2D eigenvalue weighted by molar-refractivity contribution is 9.10. The van der Waals surface area contributed by atoms with Gasteiger partial charge in [-0.1, -0.05) is 33.6 Å². The van der Waals surface area contributed by atoms with Crippen LogP contribution in [0.4, 0.5) is 5.82 Å². The van der Waals surface area contributed by atoms with Crippen molar-refractivity contribution in [2.24, 2.45) is 0 Å². The van der Waals surface area contributed by atoms with Crippen molar-refractivity contribution in [3.8, 4) is 0 Å². The Morgan fingerprint density at radius 2 is 2.00 bits per heavy atom. The van der Waals surface area contributed by atoms with Gasteiger partial charge in [-0.05, 0) is 46.3 Å². The second-order valence-electron chi connectivity index (χ2n) is 3.46. The van der Waals surface area contributed by atoms with Crippen molar-refractivity contribution < 1.29 is 4.79 Å². The molecule has 2 aromatic rings. The van der Waals surface area contributed by atoms with Crippen molar-refractivity contribution in [2.75, 3.05) is 5.32 Å². The molecule has 0 aliphatic heterocycles. The third-order valence-corrected chi connectivity index (χ3v) is 3.20. The maximum Gasteiger partial charge on any atom is 0.256 e. The van der Waals surface area contributed by atoms with Crippen LogP contribution in [0.2, 0.25) is 5.02 Å². The van der Waals surface area contributed by atoms with Crippen molar-refractivity contribution in [1.82, 2.24) is 4.98 Å². The van der Waals surface area contributed by atoms with Gasteiger partial charge in [-0.25, -0.2) is 4.98 Å². The monoisotopic (exact) mass is 388 g/mol. The summed E-state index contributed by atoms with van der Waals surface area (Å²) in [5.41, 5.74) is 0.469. The van der Waals surface area contributed by atoms with Crippen molar-refractivity contribution in [3.05, 3.63) is 56.1 Å². The minimum absolute atomic E-state index is 0.260. The summed E-state index contributed by atoms with van der Waals surface area (Å²) in [5, 5.41) is 3.19. The van der Waals surface area contributed by atoms with Crippen molar-refractivity contribution in [3.63, 3.8) is 0 Å². The lowest BCUT2D eigenvalue weighted by molar-refractivity contribution is 0.102. The van der Waals surface area contributed by atoms with Gasteiger partial charge in [-0.3, -0.25) is 4.79 Å². The van der Waals surface area contributed by atoms with Gasteiger partial charge < -0.3 is 5.32 Å². The highest BCUT2D eigenvalue weighted by Crippen LogP contribution is 2.20. The molecule has 1 heterocycles. The first-order valence-corrected chi connectivity index (χ1v) is 6.91. The SMILES string of the molecule is O=C(Nc1cccc(Br)n1)c1cc(Cl)cc(Br)c1. The Morgan fingerprint density at radius 1 is 1.22 bits per heavy atom. The summed E-state index contributed by atoms with van der Waals surface area (Å²) in [6.45, 7) is 0. The Kier molecular flexibility index (Phi) is 4.37. The largest absolute Gasteiger partial charge is 0.307 e. The molecule has 1 aromatic carbocycles. The number of hydrogen-bond donors (Lipinski definition) is 1. The van der Waals surface area contributed by atoms with E-state index in [2.05, 4.69) is 42.2 Å². The van der Waals surface area contributed by atoms with E-state index < -0.39 is 0 Å². The molecule has 0 aliphatic carbocycles. The van der Waals surface area contributed by atoms with E-state index in [9.17, 15) is 4.79 Å². The minimum Gasteiger partial charge on any atom is -0.307 e. The van der Waals surface area contributed by atoms with Crippen LogP contribution in [0.1, 0.15) is 10.4 Å².